The number of rotatable bonds is 12. The SMILES string of the molecule is CCOC(Cc1ccc(OCCN(CC(C)C)C(=O)NC2CCCCC2)cc1)C(=O)O. The number of carbonyl (C=O) groups is 2. The lowest BCUT2D eigenvalue weighted by Crippen LogP contribution is -2.48. The predicted octanol–water partition coefficient (Wildman–Crippen LogP) is 4.10. The summed E-state index contributed by atoms with van der Waals surface area (Å²) in [5.41, 5.74) is 0.876. The predicted molar refractivity (Wildman–Crippen MR) is 121 cm³/mol. The van der Waals surface area contributed by atoms with Gasteiger partial charge in [0.2, 0.25) is 0 Å². The molecule has 1 aromatic carbocycles. The van der Waals surface area contributed by atoms with Crippen molar-refractivity contribution in [2.75, 3.05) is 26.3 Å². The van der Waals surface area contributed by atoms with E-state index in [2.05, 4.69) is 19.2 Å². The molecule has 2 amide bonds. The Balaban J connectivity index is 1.83. The average molecular weight is 435 g/mol. The zero-order chi connectivity index (χ0) is 22.6. The smallest absolute Gasteiger partial charge is 0.333 e. The lowest BCUT2D eigenvalue weighted by atomic mass is 9.96. The van der Waals surface area contributed by atoms with Crippen LogP contribution in [0, 0.1) is 5.92 Å². The first-order valence-corrected chi connectivity index (χ1v) is 11.5. The van der Waals surface area contributed by atoms with Gasteiger partial charge in [0.05, 0.1) is 6.54 Å². The van der Waals surface area contributed by atoms with Crippen LogP contribution in [0.4, 0.5) is 4.79 Å². The molecule has 7 heteroatoms. The van der Waals surface area contributed by atoms with Gasteiger partial charge in [-0.25, -0.2) is 9.59 Å². The number of nitrogens with one attached hydrogen (secondary N) is 1. The molecule has 1 aromatic rings. The van der Waals surface area contributed by atoms with E-state index >= 15 is 0 Å². The molecule has 1 fully saturated rings. The molecule has 0 saturated heterocycles. The summed E-state index contributed by atoms with van der Waals surface area (Å²) in [6, 6.07) is 7.65. The van der Waals surface area contributed by atoms with Crippen molar-refractivity contribution < 1.29 is 24.2 Å². The van der Waals surface area contributed by atoms with Crippen molar-refractivity contribution in [2.45, 2.75) is 71.4 Å². The first-order valence-electron chi connectivity index (χ1n) is 11.5. The summed E-state index contributed by atoms with van der Waals surface area (Å²) in [4.78, 5) is 25.8. The van der Waals surface area contributed by atoms with Gasteiger partial charge < -0.3 is 24.8 Å². The van der Waals surface area contributed by atoms with Gasteiger partial charge in [-0.15, -0.1) is 0 Å². The Morgan fingerprint density at radius 1 is 1.16 bits per heavy atom. The van der Waals surface area contributed by atoms with Crippen LogP contribution in [0.15, 0.2) is 24.3 Å². The molecule has 0 heterocycles. The molecule has 0 aliphatic heterocycles. The molecule has 1 atom stereocenters. The highest BCUT2D eigenvalue weighted by Gasteiger charge is 2.21. The Morgan fingerprint density at radius 3 is 2.42 bits per heavy atom. The fraction of sp³-hybridized carbons (Fsp3) is 0.667. The van der Waals surface area contributed by atoms with Crippen LogP contribution >= 0.6 is 0 Å². The standard InChI is InChI=1S/C24H38N2O5/c1-4-30-22(23(27)28)16-19-10-12-21(13-11-19)31-15-14-26(17-18(2)3)24(29)25-20-8-6-5-7-9-20/h10-13,18,20,22H,4-9,14-17H2,1-3H3,(H,25,29)(H,27,28). The van der Waals surface area contributed by atoms with E-state index in [-0.39, 0.29) is 12.1 Å². The minimum Gasteiger partial charge on any atom is -0.492 e. The summed E-state index contributed by atoms with van der Waals surface area (Å²) in [6.07, 6.45) is 5.23. The first kappa shape index (κ1) is 25.0. The maximum atomic E-state index is 12.7. The van der Waals surface area contributed by atoms with Gasteiger partial charge in [0, 0.05) is 25.6 Å². The van der Waals surface area contributed by atoms with Gasteiger partial charge in [0.15, 0.2) is 6.10 Å². The molecule has 174 valence electrons. The van der Waals surface area contributed by atoms with Crippen molar-refractivity contribution in [3.8, 4) is 5.75 Å². The lowest BCUT2D eigenvalue weighted by molar-refractivity contribution is -0.149. The van der Waals surface area contributed by atoms with Crippen molar-refractivity contribution >= 4 is 12.0 Å². The van der Waals surface area contributed by atoms with Crippen molar-refractivity contribution in [1.29, 1.82) is 0 Å². The van der Waals surface area contributed by atoms with Gasteiger partial charge >= 0.3 is 12.0 Å². The van der Waals surface area contributed by atoms with Crippen molar-refractivity contribution in [1.82, 2.24) is 10.2 Å². The highest BCUT2D eigenvalue weighted by Crippen LogP contribution is 2.18. The maximum Gasteiger partial charge on any atom is 0.333 e. The molecule has 2 rings (SSSR count). The summed E-state index contributed by atoms with van der Waals surface area (Å²) in [5, 5.41) is 12.4. The van der Waals surface area contributed by atoms with Gasteiger partial charge in [-0.1, -0.05) is 45.2 Å². The number of carboxylic acid groups (broad SMARTS) is 1. The fourth-order valence-corrected chi connectivity index (χ4v) is 3.86. The van der Waals surface area contributed by atoms with Crippen LogP contribution in [-0.2, 0) is 16.0 Å². The van der Waals surface area contributed by atoms with E-state index in [1.165, 1.54) is 19.3 Å². The average Bonchev–Trinajstić information content (AvgIpc) is 2.74. The molecule has 0 bridgehead atoms. The summed E-state index contributed by atoms with van der Waals surface area (Å²) >= 11 is 0. The summed E-state index contributed by atoms with van der Waals surface area (Å²) in [7, 11) is 0. The number of aliphatic carboxylic acids is 1. The molecule has 0 radical (unpaired) electrons. The number of hydrogen-bond donors (Lipinski definition) is 2. The second-order valence-electron chi connectivity index (χ2n) is 8.60. The minimum atomic E-state index is -0.959. The number of urea groups is 1. The van der Waals surface area contributed by atoms with Crippen LogP contribution in [0.2, 0.25) is 0 Å². The Hall–Kier alpha value is -2.28. The van der Waals surface area contributed by atoms with Gasteiger partial charge in [0.25, 0.3) is 0 Å². The molecule has 7 nitrogen and oxygen atoms in total. The molecule has 2 N–H and O–H groups in total. The highest BCUT2D eigenvalue weighted by atomic mass is 16.5. The summed E-state index contributed by atoms with van der Waals surface area (Å²) < 4.78 is 11.1. The van der Waals surface area contributed by atoms with Crippen LogP contribution in [0.5, 0.6) is 5.75 Å². The monoisotopic (exact) mass is 434 g/mol. The van der Waals surface area contributed by atoms with E-state index in [1.807, 2.05) is 29.2 Å². The van der Waals surface area contributed by atoms with Gasteiger partial charge in [-0.2, -0.15) is 0 Å². The zero-order valence-corrected chi connectivity index (χ0v) is 19.1. The van der Waals surface area contributed by atoms with E-state index < -0.39 is 12.1 Å². The number of nitrogens with zero attached hydrogens (tertiary/aromatic N) is 1. The molecule has 1 unspecified atom stereocenters. The third-order valence-electron chi connectivity index (χ3n) is 5.42. The number of carbonyl (C=O) groups excluding carboxylic acids is 1. The topological polar surface area (TPSA) is 88.1 Å². The van der Waals surface area contributed by atoms with E-state index in [4.69, 9.17) is 9.47 Å². The molecular weight excluding hydrogens is 396 g/mol. The summed E-state index contributed by atoms with van der Waals surface area (Å²) in [6.45, 7) is 7.96. The van der Waals surface area contributed by atoms with Crippen LogP contribution in [-0.4, -0.2) is 60.5 Å². The third-order valence-corrected chi connectivity index (χ3v) is 5.42. The molecule has 1 aliphatic rings. The molecule has 0 spiro atoms. The first-order chi connectivity index (χ1) is 14.9. The Bertz CT molecular complexity index is 671. The number of ether oxygens (including phenoxy) is 2. The Kier molecular flexibility index (Phi) is 10.6. The maximum absolute atomic E-state index is 12.7. The minimum absolute atomic E-state index is 0.00446. The Labute approximate surface area is 186 Å². The molecule has 1 aliphatic carbocycles. The van der Waals surface area contributed by atoms with E-state index in [0.717, 1.165) is 18.4 Å². The molecular formula is C24H38N2O5. The van der Waals surface area contributed by atoms with Gasteiger partial charge in [0.1, 0.15) is 12.4 Å². The number of carboxylic acids is 1. The summed E-state index contributed by atoms with van der Waals surface area (Å²) in [5.74, 6) is 0.118. The van der Waals surface area contributed by atoms with Gasteiger partial charge in [-0.3, -0.25) is 0 Å². The van der Waals surface area contributed by atoms with Gasteiger partial charge in [-0.05, 0) is 43.4 Å². The number of hydrogen-bond acceptors (Lipinski definition) is 4. The number of benzene rings is 1. The molecule has 0 aromatic heterocycles. The normalized spacial score (nSPS) is 15.5. The van der Waals surface area contributed by atoms with E-state index in [9.17, 15) is 14.7 Å². The van der Waals surface area contributed by atoms with E-state index in [0.29, 0.717) is 44.4 Å². The second kappa shape index (κ2) is 13.2. The van der Waals surface area contributed by atoms with Crippen molar-refractivity contribution in [3.63, 3.8) is 0 Å². The zero-order valence-electron chi connectivity index (χ0n) is 19.1. The van der Waals surface area contributed by atoms with Crippen LogP contribution in [0.3, 0.4) is 0 Å². The number of amides is 2. The molecule has 31 heavy (non-hydrogen) atoms. The highest BCUT2D eigenvalue weighted by molar-refractivity contribution is 5.74. The van der Waals surface area contributed by atoms with Crippen molar-refractivity contribution in [2.24, 2.45) is 5.92 Å². The second-order valence-corrected chi connectivity index (χ2v) is 8.60. The van der Waals surface area contributed by atoms with Crippen LogP contribution in [0.1, 0.15) is 58.4 Å². The fourth-order valence-electron chi connectivity index (χ4n) is 3.86. The third kappa shape index (κ3) is 9.17. The quantitative estimate of drug-likeness (QED) is 0.517. The van der Waals surface area contributed by atoms with Crippen molar-refractivity contribution in [3.05, 3.63) is 29.8 Å². The molecule has 1 saturated carbocycles. The van der Waals surface area contributed by atoms with E-state index in [1.54, 1.807) is 6.92 Å². The van der Waals surface area contributed by atoms with Crippen LogP contribution < -0.4 is 10.1 Å². The van der Waals surface area contributed by atoms with Crippen LogP contribution in [0.25, 0.3) is 0 Å². The largest absolute Gasteiger partial charge is 0.492 e. The Morgan fingerprint density at radius 2 is 1.84 bits per heavy atom. The lowest BCUT2D eigenvalue weighted by Gasteiger charge is -2.29.